The molecular weight excluding hydrogens is 280 g/mol. The molecule has 3 fully saturated rings. The van der Waals surface area contributed by atoms with Crippen molar-refractivity contribution in [1.82, 2.24) is 15.1 Å². The van der Waals surface area contributed by atoms with Crippen LogP contribution in [-0.4, -0.2) is 59.9 Å². The molecule has 2 aliphatic heterocycles. The first-order chi connectivity index (χ1) is 10.6. The summed E-state index contributed by atoms with van der Waals surface area (Å²) in [5.74, 6) is 1.25. The Morgan fingerprint density at radius 1 is 1.27 bits per heavy atom. The summed E-state index contributed by atoms with van der Waals surface area (Å²) in [6.45, 7) is 4.23. The van der Waals surface area contributed by atoms with E-state index in [-0.39, 0.29) is 30.4 Å². The van der Waals surface area contributed by atoms with Gasteiger partial charge in [0.1, 0.15) is 6.04 Å². The van der Waals surface area contributed by atoms with E-state index in [1.807, 2.05) is 4.90 Å². The van der Waals surface area contributed by atoms with Gasteiger partial charge in [0, 0.05) is 32.6 Å². The molecule has 0 N–H and O–H groups in total. The number of hydrogen-bond acceptors (Lipinski definition) is 3. The fraction of sp³-hybridized carbons (Fsp3) is 0.812. The summed E-state index contributed by atoms with van der Waals surface area (Å²) >= 11 is 0. The van der Waals surface area contributed by atoms with Gasteiger partial charge in [-0.15, -0.1) is 0 Å². The number of fused-ring (bicyclic) bond motifs is 1. The molecule has 0 aromatic carbocycles. The lowest BCUT2D eigenvalue weighted by molar-refractivity contribution is -0.130. The predicted octanol–water partition coefficient (Wildman–Crippen LogP) is 0.362. The summed E-state index contributed by atoms with van der Waals surface area (Å²) in [5, 5.41) is 13.6. The lowest BCUT2D eigenvalue weighted by atomic mass is 10.0. The fourth-order valence-electron chi connectivity index (χ4n) is 4.17. The first kappa shape index (κ1) is 15.3. The quantitative estimate of drug-likeness (QED) is 0.755. The molecule has 4 atom stereocenters. The van der Waals surface area contributed by atoms with Crippen LogP contribution in [0, 0.1) is 23.2 Å². The van der Waals surface area contributed by atoms with Crippen molar-refractivity contribution in [3.05, 3.63) is 0 Å². The lowest BCUT2D eigenvalue weighted by Gasteiger charge is -2.21. The molecule has 2 heterocycles. The summed E-state index contributed by atoms with van der Waals surface area (Å²) in [6.07, 6.45) is 3.68. The van der Waals surface area contributed by atoms with Crippen LogP contribution in [0.15, 0.2) is 0 Å². The first-order valence-corrected chi connectivity index (χ1v) is 8.19. The van der Waals surface area contributed by atoms with E-state index in [9.17, 15) is 9.59 Å². The lowest BCUT2D eigenvalue weighted by Crippen LogP contribution is -2.40. The summed E-state index contributed by atoms with van der Waals surface area (Å²) in [6, 6.07) is 2.19. The highest BCUT2D eigenvalue weighted by Gasteiger charge is 2.42. The van der Waals surface area contributed by atoms with Gasteiger partial charge in [-0.05, 0) is 37.5 Å². The Labute approximate surface area is 131 Å². The topological polar surface area (TPSA) is 78.5 Å². The molecule has 22 heavy (non-hydrogen) atoms. The molecule has 3 aliphatic rings. The number of hydrogen-bond donors (Lipinski definition) is 0. The second kappa shape index (κ2) is 6.25. The maximum atomic E-state index is 12.2. The monoisotopic (exact) mass is 303 g/mol. The van der Waals surface area contributed by atoms with Crippen LogP contribution < -0.4 is 5.32 Å². The molecule has 1 aliphatic carbocycles. The molecule has 0 aromatic heterocycles. The van der Waals surface area contributed by atoms with Crippen molar-refractivity contribution >= 4 is 11.8 Å². The molecule has 1 unspecified atom stereocenters. The van der Waals surface area contributed by atoms with Gasteiger partial charge in [0.15, 0.2) is 0 Å². The second-order valence-corrected chi connectivity index (χ2v) is 6.78. The van der Waals surface area contributed by atoms with E-state index in [1.165, 1.54) is 0 Å². The Hall–Kier alpha value is -1.61. The van der Waals surface area contributed by atoms with Crippen LogP contribution in [0.2, 0.25) is 0 Å². The molecule has 6 nitrogen and oxygen atoms in total. The van der Waals surface area contributed by atoms with Crippen molar-refractivity contribution in [3.63, 3.8) is 0 Å². The number of carbonyl (C=O) groups is 2. The average molecular weight is 303 g/mol. The van der Waals surface area contributed by atoms with Gasteiger partial charge in [0.25, 0.3) is 0 Å². The van der Waals surface area contributed by atoms with Crippen molar-refractivity contribution in [2.45, 2.75) is 44.7 Å². The van der Waals surface area contributed by atoms with Crippen molar-refractivity contribution in [2.24, 2.45) is 11.8 Å². The zero-order valence-electron chi connectivity index (χ0n) is 13.1. The number of likely N-dealkylation sites (tertiary alicyclic amines) is 2. The number of rotatable bonds is 3. The van der Waals surface area contributed by atoms with Crippen LogP contribution in [0.25, 0.3) is 0 Å². The number of amides is 2. The smallest absolute Gasteiger partial charge is 0.239 e. The van der Waals surface area contributed by atoms with E-state index in [0.29, 0.717) is 18.4 Å². The molecule has 2 saturated heterocycles. The maximum absolute atomic E-state index is 12.2. The molecule has 0 bridgehead atoms. The number of carbonyl (C=O) groups excluding carboxylic acids is 2. The van der Waals surface area contributed by atoms with E-state index >= 15 is 0 Å². The van der Waals surface area contributed by atoms with Gasteiger partial charge in [-0.3, -0.25) is 9.59 Å². The van der Waals surface area contributed by atoms with Gasteiger partial charge in [-0.2, -0.15) is 5.26 Å². The van der Waals surface area contributed by atoms with E-state index in [2.05, 4.69) is 11.4 Å². The Morgan fingerprint density at radius 3 is 2.55 bits per heavy atom. The summed E-state index contributed by atoms with van der Waals surface area (Å²) < 4.78 is 0. The highest BCUT2D eigenvalue weighted by Crippen LogP contribution is 2.38. The number of nitrogens with zero attached hydrogens (tertiary/aromatic N) is 4. The predicted molar refractivity (Wildman–Crippen MR) is 79.6 cm³/mol. The molecule has 1 saturated carbocycles. The maximum Gasteiger partial charge on any atom is 0.239 e. The standard InChI is InChI=1S/C16H23N4O2/c1-11(21)19-9-12-5-14(6-13(12)10-19)18-8-16(22)20-4-2-3-15(20)7-17/h12-15H,2-6,8-10H2,1H3/t12-,13+,14?,15-/m0/s1. The minimum atomic E-state index is -0.255. The summed E-state index contributed by atoms with van der Waals surface area (Å²) in [7, 11) is 0. The van der Waals surface area contributed by atoms with Gasteiger partial charge < -0.3 is 9.80 Å². The van der Waals surface area contributed by atoms with Gasteiger partial charge in [0.2, 0.25) is 11.8 Å². The molecule has 0 aromatic rings. The van der Waals surface area contributed by atoms with Crippen LogP contribution >= 0.6 is 0 Å². The fourth-order valence-corrected chi connectivity index (χ4v) is 4.17. The molecule has 1 radical (unpaired) electrons. The van der Waals surface area contributed by atoms with Crippen LogP contribution in [0.3, 0.4) is 0 Å². The van der Waals surface area contributed by atoms with E-state index < -0.39 is 0 Å². The molecule has 2 amide bonds. The van der Waals surface area contributed by atoms with Gasteiger partial charge >= 0.3 is 0 Å². The molecule has 0 spiro atoms. The second-order valence-electron chi connectivity index (χ2n) is 6.78. The molecule has 3 rings (SSSR count). The Bertz CT molecular complexity index is 487. The highest BCUT2D eigenvalue weighted by molar-refractivity contribution is 5.79. The van der Waals surface area contributed by atoms with E-state index in [0.717, 1.165) is 38.8 Å². The average Bonchev–Trinajstić information content (AvgIpc) is 3.17. The third-order valence-electron chi connectivity index (χ3n) is 5.38. The third-order valence-corrected chi connectivity index (χ3v) is 5.38. The SMILES string of the molecule is CC(=O)N1C[C@H]2CC([N]CC(=O)N3CCC[C@H]3C#N)C[C@H]2C1. The zero-order chi connectivity index (χ0) is 15.7. The van der Waals surface area contributed by atoms with Gasteiger partial charge in [-0.1, -0.05) is 0 Å². The molecular formula is C16H23N4O2. The normalized spacial score (nSPS) is 33.8. The van der Waals surface area contributed by atoms with Crippen LogP contribution in [0.4, 0.5) is 0 Å². The largest absolute Gasteiger partial charge is 0.342 e. The number of nitriles is 1. The van der Waals surface area contributed by atoms with Crippen molar-refractivity contribution in [2.75, 3.05) is 26.2 Å². The summed E-state index contributed by atoms with van der Waals surface area (Å²) in [5.41, 5.74) is 0. The van der Waals surface area contributed by atoms with Crippen molar-refractivity contribution < 1.29 is 9.59 Å². The minimum Gasteiger partial charge on any atom is -0.342 e. The van der Waals surface area contributed by atoms with E-state index in [4.69, 9.17) is 5.26 Å². The van der Waals surface area contributed by atoms with Crippen LogP contribution in [0.5, 0.6) is 0 Å². The first-order valence-electron chi connectivity index (χ1n) is 8.19. The zero-order valence-corrected chi connectivity index (χ0v) is 13.1. The highest BCUT2D eigenvalue weighted by atomic mass is 16.2. The summed E-state index contributed by atoms with van der Waals surface area (Å²) in [4.78, 5) is 27.2. The van der Waals surface area contributed by atoms with Gasteiger partial charge in [-0.25, -0.2) is 5.32 Å². The van der Waals surface area contributed by atoms with Gasteiger partial charge in [0.05, 0.1) is 12.6 Å². The Balaban J connectivity index is 1.44. The third kappa shape index (κ3) is 2.95. The molecule has 6 heteroatoms. The van der Waals surface area contributed by atoms with Crippen LogP contribution in [0.1, 0.15) is 32.6 Å². The Kier molecular flexibility index (Phi) is 4.34. The molecule has 119 valence electrons. The minimum absolute atomic E-state index is 0.00790. The van der Waals surface area contributed by atoms with Crippen molar-refractivity contribution in [1.29, 1.82) is 5.26 Å². The van der Waals surface area contributed by atoms with Crippen LogP contribution in [-0.2, 0) is 9.59 Å². The Morgan fingerprint density at radius 2 is 1.95 bits per heavy atom. The van der Waals surface area contributed by atoms with E-state index in [1.54, 1.807) is 11.8 Å². The van der Waals surface area contributed by atoms with Crippen molar-refractivity contribution in [3.8, 4) is 6.07 Å².